The van der Waals surface area contributed by atoms with E-state index in [1.807, 2.05) is 18.2 Å². The van der Waals surface area contributed by atoms with Crippen molar-refractivity contribution in [1.82, 2.24) is 15.1 Å². The normalized spacial score (nSPS) is 20.6. The molecule has 1 aromatic carbocycles. The number of benzene rings is 1. The molecule has 1 fully saturated rings. The summed E-state index contributed by atoms with van der Waals surface area (Å²) in [4.78, 5) is 2.31. The quantitative estimate of drug-likeness (QED) is 0.848. The van der Waals surface area contributed by atoms with E-state index in [1.54, 1.807) is 0 Å². The van der Waals surface area contributed by atoms with Crippen LogP contribution >= 0.6 is 0 Å². The fraction of sp³-hybridized carbons (Fsp3) is 0.467. The fourth-order valence-corrected chi connectivity index (χ4v) is 2.63. The lowest BCUT2D eigenvalue weighted by atomic mass is 10.0. The third-order valence-corrected chi connectivity index (χ3v) is 3.74. The monoisotopic (exact) mass is 257 g/mol. The van der Waals surface area contributed by atoms with E-state index < -0.39 is 0 Å². The molecule has 1 aromatic heterocycles. The second kappa shape index (κ2) is 5.53. The first-order chi connectivity index (χ1) is 9.33. The Labute approximate surface area is 113 Å². The van der Waals surface area contributed by atoms with Crippen molar-refractivity contribution in [2.24, 2.45) is 0 Å². The highest BCUT2D eigenvalue weighted by Gasteiger charge is 2.25. The summed E-state index contributed by atoms with van der Waals surface area (Å²) in [7, 11) is 2.13. The molecular weight excluding hydrogens is 238 g/mol. The number of rotatable bonds is 3. The Kier molecular flexibility index (Phi) is 3.60. The molecule has 2 aromatic rings. The maximum Gasteiger partial charge on any atom is 0.233 e. The molecule has 4 heteroatoms. The van der Waals surface area contributed by atoms with Crippen molar-refractivity contribution in [2.75, 3.05) is 13.6 Å². The van der Waals surface area contributed by atoms with E-state index in [-0.39, 0.29) is 0 Å². The Balaban J connectivity index is 1.72. The molecule has 19 heavy (non-hydrogen) atoms. The Hall–Kier alpha value is -1.68. The number of aromatic nitrogens is 2. The SMILES string of the molecule is CN1CCCC[C@H]1c1nnc(Cc2ccccc2)o1. The van der Waals surface area contributed by atoms with Crippen molar-refractivity contribution in [3.63, 3.8) is 0 Å². The molecule has 0 aliphatic carbocycles. The summed E-state index contributed by atoms with van der Waals surface area (Å²) in [5, 5.41) is 8.41. The van der Waals surface area contributed by atoms with Crippen molar-refractivity contribution in [3.8, 4) is 0 Å². The molecule has 4 nitrogen and oxygen atoms in total. The Bertz CT molecular complexity index is 523. The highest BCUT2D eigenvalue weighted by atomic mass is 16.4. The zero-order chi connectivity index (χ0) is 13.1. The second-order valence-electron chi connectivity index (χ2n) is 5.19. The van der Waals surface area contributed by atoms with Gasteiger partial charge < -0.3 is 4.42 Å². The Morgan fingerprint density at radius 1 is 1.21 bits per heavy atom. The molecule has 1 aliphatic heterocycles. The number of hydrogen-bond acceptors (Lipinski definition) is 4. The number of likely N-dealkylation sites (tertiary alicyclic amines) is 1. The van der Waals surface area contributed by atoms with Crippen LogP contribution < -0.4 is 0 Å². The van der Waals surface area contributed by atoms with Crippen molar-refractivity contribution in [2.45, 2.75) is 31.7 Å². The summed E-state index contributed by atoms with van der Waals surface area (Å²) < 4.78 is 5.83. The second-order valence-corrected chi connectivity index (χ2v) is 5.19. The smallest absolute Gasteiger partial charge is 0.233 e. The number of nitrogens with zero attached hydrogens (tertiary/aromatic N) is 3. The Morgan fingerprint density at radius 2 is 2.05 bits per heavy atom. The predicted octanol–water partition coefficient (Wildman–Crippen LogP) is 2.82. The Morgan fingerprint density at radius 3 is 2.84 bits per heavy atom. The number of piperidine rings is 1. The van der Waals surface area contributed by atoms with Crippen LogP contribution in [0.3, 0.4) is 0 Å². The van der Waals surface area contributed by atoms with Gasteiger partial charge in [-0.3, -0.25) is 4.90 Å². The van der Waals surface area contributed by atoms with Gasteiger partial charge in [0, 0.05) is 0 Å². The van der Waals surface area contributed by atoms with Gasteiger partial charge in [0.15, 0.2) is 0 Å². The van der Waals surface area contributed by atoms with Gasteiger partial charge in [0.05, 0.1) is 12.5 Å². The standard InChI is InChI=1S/C15H19N3O/c1-18-10-6-5-9-13(18)15-17-16-14(19-15)11-12-7-3-2-4-8-12/h2-4,7-8,13H,5-6,9-11H2,1H3/t13-/m0/s1. The highest BCUT2D eigenvalue weighted by Crippen LogP contribution is 2.28. The van der Waals surface area contributed by atoms with Gasteiger partial charge in [0.1, 0.15) is 0 Å². The van der Waals surface area contributed by atoms with Crippen molar-refractivity contribution < 1.29 is 4.42 Å². The molecule has 2 heterocycles. The van der Waals surface area contributed by atoms with Crippen molar-refractivity contribution >= 4 is 0 Å². The first kappa shape index (κ1) is 12.4. The largest absolute Gasteiger partial charge is 0.423 e. The summed E-state index contributed by atoms with van der Waals surface area (Å²) in [6, 6.07) is 10.5. The van der Waals surface area contributed by atoms with Crippen LogP contribution in [-0.2, 0) is 6.42 Å². The van der Waals surface area contributed by atoms with E-state index in [1.165, 1.54) is 18.4 Å². The minimum atomic E-state index is 0.297. The highest BCUT2D eigenvalue weighted by molar-refractivity contribution is 5.17. The zero-order valence-electron chi connectivity index (χ0n) is 11.2. The van der Waals surface area contributed by atoms with Crippen LogP contribution in [0, 0.1) is 0 Å². The van der Waals surface area contributed by atoms with Crippen LogP contribution in [0.1, 0.15) is 42.6 Å². The first-order valence-electron chi connectivity index (χ1n) is 6.89. The molecule has 0 amide bonds. The van der Waals surface area contributed by atoms with Crippen molar-refractivity contribution in [3.05, 3.63) is 47.7 Å². The van der Waals surface area contributed by atoms with Gasteiger partial charge in [0.2, 0.25) is 11.8 Å². The minimum Gasteiger partial charge on any atom is -0.423 e. The molecule has 1 atom stereocenters. The molecule has 0 spiro atoms. The molecule has 0 saturated carbocycles. The number of hydrogen-bond donors (Lipinski definition) is 0. The van der Waals surface area contributed by atoms with Gasteiger partial charge in [-0.15, -0.1) is 10.2 Å². The predicted molar refractivity (Wildman–Crippen MR) is 72.8 cm³/mol. The van der Waals surface area contributed by atoms with E-state index >= 15 is 0 Å². The summed E-state index contributed by atoms with van der Waals surface area (Å²) in [5.74, 6) is 1.48. The maximum atomic E-state index is 5.83. The van der Waals surface area contributed by atoms with Crippen LogP contribution in [0.4, 0.5) is 0 Å². The van der Waals surface area contributed by atoms with Gasteiger partial charge in [0.25, 0.3) is 0 Å². The molecule has 0 radical (unpaired) electrons. The molecule has 0 bridgehead atoms. The van der Waals surface area contributed by atoms with E-state index in [2.05, 4.69) is 34.3 Å². The van der Waals surface area contributed by atoms with E-state index in [0.29, 0.717) is 18.4 Å². The molecule has 3 rings (SSSR count). The molecule has 1 saturated heterocycles. The lowest BCUT2D eigenvalue weighted by Crippen LogP contribution is -2.29. The van der Waals surface area contributed by atoms with Crippen LogP contribution in [0.5, 0.6) is 0 Å². The average Bonchev–Trinajstić information content (AvgIpc) is 2.89. The van der Waals surface area contributed by atoms with Crippen LogP contribution in [0.25, 0.3) is 0 Å². The fourth-order valence-electron chi connectivity index (χ4n) is 2.63. The zero-order valence-corrected chi connectivity index (χ0v) is 11.2. The van der Waals surface area contributed by atoms with Gasteiger partial charge in [-0.25, -0.2) is 0 Å². The third kappa shape index (κ3) is 2.84. The van der Waals surface area contributed by atoms with Gasteiger partial charge in [-0.2, -0.15) is 0 Å². The molecule has 0 unspecified atom stereocenters. The van der Waals surface area contributed by atoms with Crippen LogP contribution in [0.15, 0.2) is 34.7 Å². The minimum absolute atomic E-state index is 0.297. The van der Waals surface area contributed by atoms with Gasteiger partial charge in [-0.05, 0) is 32.0 Å². The topological polar surface area (TPSA) is 42.2 Å². The lowest BCUT2D eigenvalue weighted by Gasteiger charge is -2.29. The molecule has 100 valence electrons. The third-order valence-electron chi connectivity index (χ3n) is 3.74. The van der Waals surface area contributed by atoms with Gasteiger partial charge >= 0.3 is 0 Å². The summed E-state index contributed by atoms with van der Waals surface area (Å²) in [5.41, 5.74) is 1.20. The average molecular weight is 257 g/mol. The molecule has 0 N–H and O–H groups in total. The summed E-state index contributed by atoms with van der Waals surface area (Å²) >= 11 is 0. The molecule has 1 aliphatic rings. The van der Waals surface area contributed by atoms with E-state index in [9.17, 15) is 0 Å². The van der Waals surface area contributed by atoms with Crippen LogP contribution in [0.2, 0.25) is 0 Å². The van der Waals surface area contributed by atoms with Crippen LogP contribution in [-0.4, -0.2) is 28.7 Å². The maximum absolute atomic E-state index is 5.83. The lowest BCUT2D eigenvalue weighted by molar-refractivity contribution is 0.157. The summed E-state index contributed by atoms with van der Waals surface area (Å²) in [6.45, 7) is 1.11. The molecular formula is C15H19N3O. The van der Waals surface area contributed by atoms with Gasteiger partial charge in [-0.1, -0.05) is 36.8 Å². The first-order valence-corrected chi connectivity index (χ1v) is 6.89. The van der Waals surface area contributed by atoms with Crippen molar-refractivity contribution in [1.29, 1.82) is 0 Å². The summed E-state index contributed by atoms with van der Waals surface area (Å²) in [6.07, 6.45) is 4.33. The van der Waals surface area contributed by atoms with E-state index in [0.717, 1.165) is 18.9 Å². The van der Waals surface area contributed by atoms with E-state index in [4.69, 9.17) is 4.42 Å².